The number of unbranched alkanes of at least 4 members (excludes halogenated alkanes) is 2. The van der Waals surface area contributed by atoms with Gasteiger partial charge in [0.05, 0.1) is 23.6 Å². The van der Waals surface area contributed by atoms with E-state index in [4.69, 9.17) is 4.74 Å². The van der Waals surface area contributed by atoms with E-state index >= 15 is 0 Å². The molecule has 0 N–H and O–H groups in total. The zero-order valence-corrected chi connectivity index (χ0v) is 14.4. The first-order valence-corrected chi connectivity index (χ1v) is 9.27. The van der Waals surface area contributed by atoms with E-state index in [9.17, 15) is 13.2 Å². The Hall–Kier alpha value is -1.56. The number of hydrogen-bond acceptors (Lipinski definition) is 4. The Balaban J connectivity index is 2.98. The molecule has 124 valence electrons. The van der Waals surface area contributed by atoms with Gasteiger partial charge in [-0.05, 0) is 25.0 Å². The standard InChI is InChI=1S/C16H25NO4S/c1-4-6-12-21-16(18)14-10-8-9-11-15(14)17(3)22(19,20)13-7-5-2/h8-11H,4-7,12-13H2,1-3H3. The second-order valence-electron chi connectivity index (χ2n) is 5.14. The van der Waals surface area contributed by atoms with E-state index in [2.05, 4.69) is 0 Å². The molecule has 0 aliphatic carbocycles. The fraction of sp³-hybridized carbons (Fsp3) is 0.562. The Morgan fingerprint density at radius 1 is 1.14 bits per heavy atom. The fourth-order valence-electron chi connectivity index (χ4n) is 1.92. The number of anilines is 1. The summed E-state index contributed by atoms with van der Waals surface area (Å²) < 4.78 is 31.0. The van der Waals surface area contributed by atoms with Crippen molar-refractivity contribution in [2.45, 2.75) is 39.5 Å². The average Bonchev–Trinajstić information content (AvgIpc) is 2.52. The maximum Gasteiger partial charge on any atom is 0.340 e. The number of nitrogens with zero attached hydrogens (tertiary/aromatic N) is 1. The van der Waals surface area contributed by atoms with Crippen LogP contribution >= 0.6 is 0 Å². The molecule has 0 saturated carbocycles. The van der Waals surface area contributed by atoms with Gasteiger partial charge in [-0.15, -0.1) is 0 Å². The molecule has 1 aromatic rings. The minimum atomic E-state index is -3.43. The van der Waals surface area contributed by atoms with Crippen LogP contribution in [0.25, 0.3) is 0 Å². The summed E-state index contributed by atoms with van der Waals surface area (Å²) in [5.41, 5.74) is 0.640. The maximum atomic E-state index is 12.3. The molecule has 6 heteroatoms. The molecule has 1 aromatic carbocycles. The highest BCUT2D eigenvalue weighted by molar-refractivity contribution is 7.92. The number of ether oxygens (including phenoxy) is 1. The lowest BCUT2D eigenvalue weighted by atomic mass is 10.2. The lowest BCUT2D eigenvalue weighted by Crippen LogP contribution is -2.30. The smallest absolute Gasteiger partial charge is 0.340 e. The van der Waals surface area contributed by atoms with Gasteiger partial charge in [-0.25, -0.2) is 13.2 Å². The summed E-state index contributed by atoms with van der Waals surface area (Å²) in [5, 5.41) is 0. The number of carbonyl (C=O) groups excluding carboxylic acids is 1. The van der Waals surface area contributed by atoms with Crippen LogP contribution in [0.3, 0.4) is 0 Å². The molecule has 0 amide bonds. The van der Waals surface area contributed by atoms with Crippen LogP contribution in [-0.2, 0) is 14.8 Å². The van der Waals surface area contributed by atoms with Crippen molar-refractivity contribution in [2.75, 3.05) is 23.7 Å². The van der Waals surface area contributed by atoms with Gasteiger partial charge in [-0.2, -0.15) is 0 Å². The largest absolute Gasteiger partial charge is 0.462 e. The predicted molar refractivity (Wildman–Crippen MR) is 88.7 cm³/mol. The van der Waals surface area contributed by atoms with Crippen LogP contribution < -0.4 is 4.31 Å². The molecule has 22 heavy (non-hydrogen) atoms. The van der Waals surface area contributed by atoms with Crippen molar-refractivity contribution in [2.24, 2.45) is 0 Å². The summed E-state index contributed by atoms with van der Waals surface area (Å²) in [6.45, 7) is 4.29. The van der Waals surface area contributed by atoms with Crippen molar-refractivity contribution >= 4 is 21.7 Å². The third kappa shape index (κ3) is 5.02. The Bertz CT molecular complexity index is 584. The first-order chi connectivity index (χ1) is 10.4. The van der Waals surface area contributed by atoms with Crippen LogP contribution in [0.2, 0.25) is 0 Å². The average molecular weight is 327 g/mol. The number of hydrogen-bond donors (Lipinski definition) is 0. The molecule has 0 saturated heterocycles. The molecular weight excluding hydrogens is 302 g/mol. The molecule has 0 aromatic heterocycles. The quantitative estimate of drug-likeness (QED) is 0.516. The molecule has 0 radical (unpaired) electrons. The van der Waals surface area contributed by atoms with Gasteiger partial charge in [0, 0.05) is 7.05 Å². The fourth-order valence-corrected chi connectivity index (χ4v) is 3.31. The molecule has 0 fully saturated rings. The van der Waals surface area contributed by atoms with Gasteiger partial charge in [0.15, 0.2) is 0 Å². The molecule has 1 rings (SSSR count). The summed E-state index contributed by atoms with van der Waals surface area (Å²) in [4.78, 5) is 12.1. The van der Waals surface area contributed by atoms with E-state index < -0.39 is 16.0 Å². The number of carbonyl (C=O) groups is 1. The van der Waals surface area contributed by atoms with Gasteiger partial charge >= 0.3 is 5.97 Å². The number of sulfonamides is 1. The van der Waals surface area contributed by atoms with E-state index in [0.29, 0.717) is 18.7 Å². The minimum absolute atomic E-state index is 0.0687. The molecule has 5 nitrogen and oxygen atoms in total. The van der Waals surface area contributed by atoms with Crippen molar-refractivity contribution in [1.29, 1.82) is 0 Å². The lowest BCUT2D eigenvalue weighted by molar-refractivity contribution is 0.0500. The first-order valence-electron chi connectivity index (χ1n) is 7.66. The Labute approximate surface area is 133 Å². The van der Waals surface area contributed by atoms with E-state index in [1.807, 2.05) is 13.8 Å². The highest BCUT2D eigenvalue weighted by atomic mass is 32.2. The van der Waals surface area contributed by atoms with Gasteiger partial charge in [-0.1, -0.05) is 38.8 Å². The zero-order valence-electron chi connectivity index (χ0n) is 13.5. The van der Waals surface area contributed by atoms with Crippen LogP contribution in [0, 0.1) is 0 Å². The van der Waals surface area contributed by atoms with Crippen molar-refractivity contribution in [3.05, 3.63) is 29.8 Å². The Kier molecular flexibility index (Phi) is 7.38. The monoisotopic (exact) mass is 327 g/mol. The molecule has 0 aliphatic heterocycles. The number of rotatable bonds is 9. The normalized spacial score (nSPS) is 11.2. The third-order valence-corrected chi connectivity index (χ3v) is 5.20. The maximum absolute atomic E-state index is 12.3. The van der Waals surface area contributed by atoms with Crippen LogP contribution in [0.5, 0.6) is 0 Å². The van der Waals surface area contributed by atoms with Crippen molar-refractivity contribution < 1.29 is 17.9 Å². The van der Waals surface area contributed by atoms with Crippen LogP contribution in [0.1, 0.15) is 49.9 Å². The molecule has 0 bridgehead atoms. The number of para-hydroxylation sites is 1. The van der Waals surface area contributed by atoms with E-state index in [1.165, 1.54) is 11.4 Å². The van der Waals surface area contributed by atoms with E-state index in [0.717, 1.165) is 19.3 Å². The summed E-state index contributed by atoms with van der Waals surface area (Å²) in [7, 11) is -1.96. The second-order valence-corrected chi connectivity index (χ2v) is 7.26. The second kappa shape index (κ2) is 8.78. The topological polar surface area (TPSA) is 63.7 Å². The highest BCUT2D eigenvalue weighted by Gasteiger charge is 2.23. The third-order valence-electron chi connectivity index (χ3n) is 3.37. The summed E-state index contributed by atoms with van der Waals surface area (Å²) in [6.07, 6.45) is 3.11. The van der Waals surface area contributed by atoms with Gasteiger partial charge < -0.3 is 4.74 Å². The SMILES string of the molecule is CCCCOC(=O)c1ccccc1N(C)S(=O)(=O)CCCC. The lowest BCUT2D eigenvalue weighted by Gasteiger charge is -2.21. The molecule has 0 atom stereocenters. The molecule has 0 spiro atoms. The van der Waals surface area contributed by atoms with E-state index in [1.54, 1.807) is 24.3 Å². The number of benzene rings is 1. The number of esters is 1. The van der Waals surface area contributed by atoms with Crippen LogP contribution in [0.4, 0.5) is 5.69 Å². The van der Waals surface area contributed by atoms with E-state index in [-0.39, 0.29) is 11.3 Å². The Morgan fingerprint density at radius 3 is 2.41 bits per heavy atom. The van der Waals surface area contributed by atoms with Gasteiger partial charge in [0.1, 0.15) is 0 Å². The van der Waals surface area contributed by atoms with Crippen LogP contribution in [0.15, 0.2) is 24.3 Å². The van der Waals surface area contributed by atoms with Crippen molar-refractivity contribution in [1.82, 2.24) is 0 Å². The molecule has 0 aliphatic rings. The minimum Gasteiger partial charge on any atom is -0.462 e. The molecular formula is C16H25NO4S. The zero-order chi connectivity index (χ0) is 16.6. The van der Waals surface area contributed by atoms with Crippen LogP contribution in [-0.4, -0.2) is 33.8 Å². The predicted octanol–water partition coefficient (Wildman–Crippen LogP) is 3.21. The van der Waals surface area contributed by atoms with Gasteiger partial charge in [0.25, 0.3) is 0 Å². The summed E-state index contributed by atoms with van der Waals surface area (Å²) in [6, 6.07) is 6.63. The molecule has 0 heterocycles. The van der Waals surface area contributed by atoms with Crippen molar-refractivity contribution in [3.8, 4) is 0 Å². The first kappa shape index (κ1) is 18.5. The Morgan fingerprint density at radius 2 is 1.77 bits per heavy atom. The molecule has 0 unspecified atom stereocenters. The van der Waals surface area contributed by atoms with Gasteiger partial charge in [0.2, 0.25) is 10.0 Å². The summed E-state index contributed by atoms with van der Waals surface area (Å²) in [5.74, 6) is -0.416. The van der Waals surface area contributed by atoms with Crippen molar-refractivity contribution in [3.63, 3.8) is 0 Å². The summed E-state index contributed by atoms with van der Waals surface area (Å²) >= 11 is 0. The van der Waals surface area contributed by atoms with Gasteiger partial charge in [-0.3, -0.25) is 4.31 Å². The highest BCUT2D eigenvalue weighted by Crippen LogP contribution is 2.23.